The van der Waals surface area contributed by atoms with E-state index in [0.717, 1.165) is 6.07 Å². The van der Waals surface area contributed by atoms with E-state index >= 15 is 0 Å². The van der Waals surface area contributed by atoms with Crippen LogP contribution in [0.4, 0.5) is 4.39 Å². The molecule has 1 aromatic carbocycles. The highest BCUT2D eigenvalue weighted by atomic mass is 79.9. The minimum atomic E-state index is -3.62. The van der Waals surface area contributed by atoms with Gasteiger partial charge in [0, 0.05) is 19.1 Å². The van der Waals surface area contributed by atoms with Crippen LogP contribution in [0.3, 0.4) is 0 Å². The number of nitrogens with zero attached hydrogens (tertiary/aromatic N) is 1. The molecule has 0 saturated carbocycles. The fraction of sp³-hybridized carbons (Fsp3) is 0.400. The average molecular weight is 323 g/mol. The van der Waals surface area contributed by atoms with Gasteiger partial charge in [0.1, 0.15) is 5.82 Å². The fourth-order valence-corrected chi connectivity index (χ4v) is 3.53. The van der Waals surface area contributed by atoms with Gasteiger partial charge in [-0.2, -0.15) is 4.31 Å². The molecule has 0 spiro atoms. The topological polar surface area (TPSA) is 63.4 Å². The van der Waals surface area contributed by atoms with Crippen LogP contribution in [0.1, 0.15) is 6.42 Å². The highest BCUT2D eigenvalue weighted by molar-refractivity contribution is 9.10. The maximum atomic E-state index is 13.3. The third kappa shape index (κ3) is 2.52. The highest BCUT2D eigenvalue weighted by Gasteiger charge is 2.31. The third-order valence-electron chi connectivity index (χ3n) is 2.72. The van der Waals surface area contributed by atoms with Crippen molar-refractivity contribution in [1.29, 1.82) is 0 Å². The van der Waals surface area contributed by atoms with Crippen LogP contribution in [0.5, 0.6) is 0 Å². The van der Waals surface area contributed by atoms with Crippen LogP contribution in [-0.2, 0) is 10.0 Å². The molecule has 1 atom stereocenters. The van der Waals surface area contributed by atoms with Gasteiger partial charge in [0.25, 0.3) is 0 Å². The maximum absolute atomic E-state index is 13.3. The van der Waals surface area contributed by atoms with Crippen molar-refractivity contribution < 1.29 is 12.8 Å². The molecular formula is C10H12BrFN2O2S. The number of nitrogens with two attached hydrogens (primary N) is 1. The van der Waals surface area contributed by atoms with Crippen LogP contribution in [0.25, 0.3) is 0 Å². The number of benzene rings is 1. The summed E-state index contributed by atoms with van der Waals surface area (Å²) in [5.74, 6) is -0.588. The van der Waals surface area contributed by atoms with E-state index in [4.69, 9.17) is 5.73 Å². The van der Waals surface area contributed by atoms with Gasteiger partial charge in [-0.1, -0.05) is 0 Å². The molecule has 4 nitrogen and oxygen atoms in total. The first kappa shape index (κ1) is 12.9. The van der Waals surface area contributed by atoms with Crippen molar-refractivity contribution in [3.63, 3.8) is 0 Å². The van der Waals surface area contributed by atoms with Gasteiger partial charge in [-0.25, -0.2) is 12.8 Å². The molecule has 0 amide bonds. The lowest BCUT2D eigenvalue weighted by atomic mass is 10.3. The van der Waals surface area contributed by atoms with E-state index in [2.05, 4.69) is 15.9 Å². The van der Waals surface area contributed by atoms with Crippen molar-refractivity contribution in [3.05, 3.63) is 28.5 Å². The number of sulfonamides is 1. The SMILES string of the molecule is N[C@@H]1CCN(S(=O)(=O)c2ccc(Br)c(F)c2)C1. The second-order valence-electron chi connectivity index (χ2n) is 3.99. The van der Waals surface area contributed by atoms with Gasteiger partial charge >= 0.3 is 0 Å². The summed E-state index contributed by atoms with van der Waals surface area (Å²) in [5.41, 5.74) is 5.67. The van der Waals surface area contributed by atoms with Gasteiger partial charge in [-0.05, 0) is 40.5 Å². The van der Waals surface area contributed by atoms with Gasteiger partial charge in [-0.3, -0.25) is 0 Å². The smallest absolute Gasteiger partial charge is 0.243 e. The fourth-order valence-electron chi connectivity index (χ4n) is 1.76. The minimum Gasteiger partial charge on any atom is -0.326 e. The Hall–Kier alpha value is -0.500. The lowest BCUT2D eigenvalue weighted by Gasteiger charge is -2.16. The third-order valence-corrected chi connectivity index (χ3v) is 5.22. The summed E-state index contributed by atoms with van der Waals surface area (Å²) in [4.78, 5) is -0.0349. The summed E-state index contributed by atoms with van der Waals surface area (Å²) in [6.07, 6.45) is 0.637. The normalized spacial score (nSPS) is 21.9. The number of hydrogen-bond acceptors (Lipinski definition) is 3. The Morgan fingerprint density at radius 2 is 2.18 bits per heavy atom. The zero-order chi connectivity index (χ0) is 12.6. The van der Waals surface area contributed by atoms with E-state index in [1.54, 1.807) is 0 Å². The van der Waals surface area contributed by atoms with Crippen molar-refractivity contribution in [3.8, 4) is 0 Å². The lowest BCUT2D eigenvalue weighted by Crippen LogP contribution is -2.32. The molecule has 0 bridgehead atoms. The average Bonchev–Trinajstić information content (AvgIpc) is 2.69. The molecule has 0 unspecified atom stereocenters. The number of hydrogen-bond donors (Lipinski definition) is 1. The van der Waals surface area contributed by atoms with Gasteiger partial charge in [0.2, 0.25) is 10.0 Å². The minimum absolute atomic E-state index is 0.0349. The van der Waals surface area contributed by atoms with E-state index in [0.29, 0.717) is 19.5 Å². The largest absolute Gasteiger partial charge is 0.326 e. The predicted octanol–water partition coefficient (Wildman–Crippen LogP) is 1.31. The summed E-state index contributed by atoms with van der Waals surface area (Å²) >= 11 is 2.99. The van der Waals surface area contributed by atoms with Gasteiger partial charge in [0.15, 0.2) is 0 Å². The van der Waals surface area contributed by atoms with Crippen LogP contribution >= 0.6 is 15.9 Å². The summed E-state index contributed by atoms with van der Waals surface area (Å²) in [6, 6.07) is 3.65. The Labute approximate surface area is 108 Å². The van der Waals surface area contributed by atoms with E-state index in [-0.39, 0.29) is 15.4 Å². The van der Waals surface area contributed by atoms with Crippen LogP contribution in [0, 0.1) is 5.82 Å². The van der Waals surface area contributed by atoms with Crippen molar-refractivity contribution in [2.75, 3.05) is 13.1 Å². The Morgan fingerprint density at radius 1 is 1.47 bits per heavy atom. The predicted molar refractivity (Wildman–Crippen MR) is 65.5 cm³/mol. The van der Waals surface area contributed by atoms with E-state index in [9.17, 15) is 12.8 Å². The van der Waals surface area contributed by atoms with Crippen molar-refractivity contribution in [1.82, 2.24) is 4.31 Å². The van der Waals surface area contributed by atoms with Crippen LogP contribution in [0.15, 0.2) is 27.6 Å². The standard InChI is InChI=1S/C10H12BrFN2O2S/c11-9-2-1-8(5-10(9)12)17(15,16)14-4-3-7(13)6-14/h1-2,5,7H,3-4,6,13H2/t7-/m1/s1. The lowest BCUT2D eigenvalue weighted by molar-refractivity contribution is 0.471. The maximum Gasteiger partial charge on any atom is 0.243 e. The molecular weight excluding hydrogens is 311 g/mol. The molecule has 1 fully saturated rings. The van der Waals surface area contributed by atoms with Gasteiger partial charge in [-0.15, -0.1) is 0 Å². The molecule has 17 heavy (non-hydrogen) atoms. The van der Waals surface area contributed by atoms with Gasteiger partial charge in [0.05, 0.1) is 9.37 Å². The number of rotatable bonds is 2. The molecule has 0 aliphatic carbocycles. The second-order valence-corrected chi connectivity index (χ2v) is 6.78. The summed E-state index contributed by atoms with van der Waals surface area (Å²) < 4.78 is 39.1. The summed E-state index contributed by atoms with van der Waals surface area (Å²) in [7, 11) is -3.62. The molecule has 1 aromatic rings. The van der Waals surface area contributed by atoms with Gasteiger partial charge < -0.3 is 5.73 Å². The van der Waals surface area contributed by atoms with E-state index in [1.807, 2.05) is 0 Å². The molecule has 94 valence electrons. The Bertz CT molecular complexity index is 535. The first-order valence-corrected chi connectivity index (χ1v) is 7.35. The molecule has 1 heterocycles. The van der Waals surface area contributed by atoms with E-state index in [1.165, 1.54) is 16.4 Å². The van der Waals surface area contributed by atoms with Crippen molar-refractivity contribution in [2.45, 2.75) is 17.4 Å². The van der Waals surface area contributed by atoms with Crippen LogP contribution < -0.4 is 5.73 Å². The molecule has 0 aromatic heterocycles. The first-order chi connectivity index (χ1) is 7.91. The van der Waals surface area contributed by atoms with Crippen molar-refractivity contribution >= 4 is 26.0 Å². The van der Waals surface area contributed by atoms with Crippen molar-refractivity contribution in [2.24, 2.45) is 5.73 Å². The zero-order valence-corrected chi connectivity index (χ0v) is 11.3. The first-order valence-electron chi connectivity index (χ1n) is 5.12. The zero-order valence-electron chi connectivity index (χ0n) is 8.94. The van der Waals surface area contributed by atoms with Crippen LogP contribution in [0.2, 0.25) is 0 Å². The quantitative estimate of drug-likeness (QED) is 0.893. The summed E-state index contributed by atoms with van der Waals surface area (Å²) in [5, 5.41) is 0. The summed E-state index contributed by atoms with van der Waals surface area (Å²) in [6.45, 7) is 0.682. The number of halogens is 2. The molecule has 1 aliphatic heterocycles. The van der Waals surface area contributed by atoms with Crippen LogP contribution in [-0.4, -0.2) is 31.9 Å². The molecule has 2 rings (SSSR count). The molecule has 7 heteroatoms. The highest BCUT2D eigenvalue weighted by Crippen LogP contribution is 2.24. The molecule has 1 saturated heterocycles. The Balaban J connectivity index is 2.35. The molecule has 0 radical (unpaired) electrons. The molecule has 1 aliphatic rings. The second kappa shape index (κ2) is 4.64. The Kier molecular flexibility index (Phi) is 3.53. The monoisotopic (exact) mass is 322 g/mol. The molecule has 2 N–H and O–H groups in total. The van der Waals surface area contributed by atoms with E-state index < -0.39 is 15.8 Å². The Morgan fingerprint density at radius 3 is 2.71 bits per heavy atom.